The maximum atomic E-state index is 11.8. The van der Waals surface area contributed by atoms with Crippen molar-refractivity contribution < 1.29 is 14.3 Å². The van der Waals surface area contributed by atoms with E-state index in [-0.39, 0.29) is 6.10 Å². The molecule has 0 heterocycles. The van der Waals surface area contributed by atoms with Crippen molar-refractivity contribution in [1.29, 1.82) is 0 Å². The number of rotatable bonds is 10. The summed E-state index contributed by atoms with van der Waals surface area (Å²) in [7, 11) is 0. The second-order valence-electron chi connectivity index (χ2n) is 6.06. The summed E-state index contributed by atoms with van der Waals surface area (Å²) >= 11 is 0. The third-order valence-electron chi connectivity index (χ3n) is 3.60. The Kier molecular flexibility index (Phi) is 7.44. The van der Waals surface area contributed by atoms with E-state index in [0.717, 1.165) is 16.8 Å². The molecule has 0 spiro atoms. The van der Waals surface area contributed by atoms with Crippen molar-refractivity contribution in [3.05, 3.63) is 65.7 Å². The number of hydrogen-bond acceptors (Lipinski definition) is 4. The number of nitrogens with one attached hydrogen (secondary N) is 1. The quantitative estimate of drug-likeness (QED) is 0.650. The maximum absolute atomic E-state index is 11.8. The minimum absolute atomic E-state index is 0.208. The fraction of sp³-hybridized carbons (Fsp3) is 0.350. The number of hydrogen-bond donors (Lipinski definition) is 2. The SMILES string of the molecule is CC(C)OCCOCc1cccc(N[C@H](C(N)=O)c2ccccc2)c1. The largest absolute Gasteiger partial charge is 0.376 e. The van der Waals surface area contributed by atoms with Crippen LogP contribution in [0.1, 0.15) is 31.0 Å². The average molecular weight is 342 g/mol. The van der Waals surface area contributed by atoms with Crippen LogP contribution in [0.25, 0.3) is 0 Å². The lowest BCUT2D eigenvalue weighted by molar-refractivity contribution is -0.118. The first-order valence-corrected chi connectivity index (χ1v) is 8.45. The molecule has 0 aliphatic carbocycles. The van der Waals surface area contributed by atoms with Crippen molar-refractivity contribution in [2.24, 2.45) is 5.73 Å². The summed E-state index contributed by atoms with van der Waals surface area (Å²) in [5.74, 6) is -0.418. The van der Waals surface area contributed by atoms with Crippen molar-refractivity contribution in [3.8, 4) is 0 Å². The van der Waals surface area contributed by atoms with Crippen LogP contribution >= 0.6 is 0 Å². The molecule has 2 rings (SSSR count). The molecule has 134 valence electrons. The maximum Gasteiger partial charge on any atom is 0.244 e. The fourth-order valence-corrected chi connectivity index (χ4v) is 2.41. The molecule has 5 nitrogen and oxygen atoms in total. The van der Waals surface area contributed by atoms with E-state index in [9.17, 15) is 4.79 Å². The van der Waals surface area contributed by atoms with Gasteiger partial charge in [-0.25, -0.2) is 0 Å². The van der Waals surface area contributed by atoms with Crippen molar-refractivity contribution in [2.75, 3.05) is 18.5 Å². The summed E-state index contributed by atoms with van der Waals surface area (Å²) in [5, 5.41) is 3.20. The van der Waals surface area contributed by atoms with Crippen LogP contribution in [0, 0.1) is 0 Å². The minimum atomic E-state index is -0.572. The van der Waals surface area contributed by atoms with Crippen LogP contribution in [0.15, 0.2) is 54.6 Å². The van der Waals surface area contributed by atoms with Gasteiger partial charge in [0.25, 0.3) is 0 Å². The van der Waals surface area contributed by atoms with E-state index in [1.165, 1.54) is 0 Å². The summed E-state index contributed by atoms with van der Waals surface area (Å²) in [6.45, 7) is 5.61. The van der Waals surface area contributed by atoms with E-state index in [1.807, 2.05) is 68.4 Å². The molecule has 0 aliphatic heterocycles. The van der Waals surface area contributed by atoms with E-state index in [0.29, 0.717) is 19.8 Å². The zero-order chi connectivity index (χ0) is 18.1. The van der Waals surface area contributed by atoms with Crippen LogP contribution in [0.3, 0.4) is 0 Å². The Morgan fingerprint density at radius 3 is 2.52 bits per heavy atom. The lowest BCUT2D eigenvalue weighted by Crippen LogP contribution is -2.27. The van der Waals surface area contributed by atoms with E-state index in [2.05, 4.69) is 5.32 Å². The van der Waals surface area contributed by atoms with Crippen molar-refractivity contribution in [1.82, 2.24) is 0 Å². The molecule has 2 aromatic carbocycles. The van der Waals surface area contributed by atoms with Gasteiger partial charge >= 0.3 is 0 Å². The van der Waals surface area contributed by atoms with Gasteiger partial charge in [0.15, 0.2) is 0 Å². The third-order valence-corrected chi connectivity index (χ3v) is 3.60. The Balaban J connectivity index is 1.94. The molecular formula is C20H26N2O3. The van der Waals surface area contributed by atoms with Crippen LogP contribution in [-0.4, -0.2) is 25.2 Å². The molecule has 0 saturated heterocycles. The molecule has 0 saturated carbocycles. The van der Waals surface area contributed by atoms with Gasteiger partial charge in [0.2, 0.25) is 5.91 Å². The first-order chi connectivity index (χ1) is 12.1. The van der Waals surface area contributed by atoms with E-state index in [4.69, 9.17) is 15.2 Å². The molecule has 5 heteroatoms. The highest BCUT2D eigenvalue weighted by Crippen LogP contribution is 2.20. The predicted octanol–water partition coefficient (Wildman–Crippen LogP) is 3.27. The molecule has 0 radical (unpaired) electrons. The Morgan fingerprint density at radius 2 is 1.84 bits per heavy atom. The first-order valence-electron chi connectivity index (χ1n) is 8.45. The van der Waals surface area contributed by atoms with Gasteiger partial charge in [-0.2, -0.15) is 0 Å². The minimum Gasteiger partial charge on any atom is -0.376 e. The smallest absolute Gasteiger partial charge is 0.244 e. The Hall–Kier alpha value is -2.37. The summed E-state index contributed by atoms with van der Waals surface area (Å²) in [6, 6.07) is 16.6. The Labute approximate surface area is 149 Å². The second kappa shape index (κ2) is 9.81. The first kappa shape index (κ1) is 19.0. The van der Waals surface area contributed by atoms with Crippen molar-refractivity contribution >= 4 is 11.6 Å². The molecule has 3 N–H and O–H groups in total. The van der Waals surface area contributed by atoms with Gasteiger partial charge in [0.1, 0.15) is 6.04 Å². The predicted molar refractivity (Wildman–Crippen MR) is 99.2 cm³/mol. The molecule has 0 fully saturated rings. The second-order valence-corrected chi connectivity index (χ2v) is 6.06. The Morgan fingerprint density at radius 1 is 1.08 bits per heavy atom. The van der Waals surface area contributed by atoms with Crippen molar-refractivity contribution in [3.63, 3.8) is 0 Å². The standard InChI is InChI=1S/C20H26N2O3/c1-15(2)25-12-11-24-14-16-7-6-10-18(13-16)22-19(20(21)23)17-8-4-3-5-9-17/h3-10,13,15,19,22H,11-12,14H2,1-2H3,(H2,21,23)/t19-/m0/s1. The summed E-state index contributed by atoms with van der Waals surface area (Å²) < 4.78 is 11.1. The molecule has 0 unspecified atom stereocenters. The van der Waals surface area contributed by atoms with Crippen LogP contribution < -0.4 is 11.1 Å². The van der Waals surface area contributed by atoms with Gasteiger partial charge < -0.3 is 20.5 Å². The van der Waals surface area contributed by atoms with Gasteiger partial charge in [-0.15, -0.1) is 0 Å². The zero-order valence-corrected chi connectivity index (χ0v) is 14.8. The highest BCUT2D eigenvalue weighted by molar-refractivity contribution is 5.84. The van der Waals surface area contributed by atoms with E-state index >= 15 is 0 Å². The molecule has 1 amide bonds. The summed E-state index contributed by atoms with van der Waals surface area (Å²) in [4.78, 5) is 11.8. The lowest BCUT2D eigenvalue weighted by atomic mass is 10.1. The van der Waals surface area contributed by atoms with Gasteiger partial charge in [-0.1, -0.05) is 42.5 Å². The topological polar surface area (TPSA) is 73.6 Å². The molecule has 25 heavy (non-hydrogen) atoms. The molecule has 1 atom stereocenters. The average Bonchev–Trinajstić information content (AvgIpc) is 2.60. The van der Waals surface area contributed by atoms with Crippen LogP contribution in [0.2, 0.25) is 0 Å². The van der Waals surface area contributed by atoms with E-state index < -0.39 is 11.9 Å². The van der Waals surface area contributed by atoms with Gasteiger partial charge in [0.05, 0.1) is 25.9 Å². The Bertz CT molecular complexity index is 659. The molecular weight excluding hydrogens is 316 g/mol. The van der Waals surface area contributed by atoms with Crippen LogP contribution in [0.5, 0.6) is 0 Å². The number of carbonyl (C=O) groups excluding carboxylic acids is 1. The number of ether oxygens (including phenoxy) is 2. The summed E-state index contributed by atoms with van der Waals surface area (Å²) in [6.07, 6.45) is 0.208. The number of benzene rings is 2. The highest BCUT2D eigenvalue weighted by atomic mass is 16.5. The van der Waals surface area contributed by atoms with Crippen LogP contribution in [0.4, 0.5) is 5.69 Å². The molecule has 0 bridgehead atoms. The fourth-order valence-electron chi connectivity index (χ4n) is 2.41. The molecule has 0 aromatic heterocycles. The lowest BCUT2D eigenvalue weighted by Gasteiger charge is -2.18. The van der Waals surface area contributed by atoms with E-state index in [1.54, 1.807) is 0 Å². The normalized spacial score (nSPS) is 12.1. The zero-order valence-electron chi connectivity index (χ0n) is 14.8. The van der Waals surface area contributed by atoms with Gasteiger partial charge in [0, 0.05) is 5.69 Å². The van der Waals surface area contributed by atoms with Crippen LogP contribution in [-0.2, 0) is 20.9 Å². The number of primary amides is 1. The number of amides is 1. The number of carbonyl (C=O) groups is 1. The molecule has 2 aromatic rings. The van der Waals surface area contributed by atoms with Crippen molar-refractivity contribution in [2.45, 2.75) is 32.6 Å². The number of nitrogens with two attached hydrogens (primary N) is 1. The van der Waals surface area contributed by atoms with Gasteiger partial charge in [-0.05, 0) is 37.1 Å². The number of anilines is 1. The monoisotopic (exact) mass is 342 g/mol. The van der Waals surface area contributed by atoms with Gasteiger partial charge in [-0.3, -0.25) is 4.79 Å². The third kappa shape index (κ3) is 6.57. The highest BCUT2D eigenvalue weighted by Gasteiger charge is 2.17. The summed E-state index contributed by atoms with van der Waals surface area (Å²) in [5.41, 5.74) is 8.23. The molecule has 0 aliphatic rings.